The van der Waals surface area contributed by atoms with Gasteiger partial charge < -0.3 is 15.1 Å². The van der Waals surface area contributed by atoms with E-state index in [0.29, 0.717) is 24.6 Å². The molecule has 4 rings (SSSR count). The van der Waals surface area contributed by atoms with Crippen molar-refractivity contribution in [1.82, 2.24) is 19.8 Å². The van der Waals surface area contributed by atoms with Crippen LogP contribution < -0.4 is 5.32 Å². The first-order chi connectivity index (χ1) is 14.5. The third-order valence-electron chi connectivity index (χ3n) is 5.17. The largest absolute Gasteiger partial charge is 0.342 e. The Hall–Kier alpha value is -3.74. The molecule has 0 bridgehead atoms. The van der Waals surface area contributed by atoms with E-state index in [4.69, 9.17) is 0 Å². The number of hydrogen-bond donors (Lipinski definition) is 1. The Morgan fingerprint density at radius 2 is 1.60 bits per heavy atom. The Balaban J connectivity index is 1.40. The molecule has 2 heterocycles. The topological polar surface area (TPSA) is 78.4 Å². The number of aromatic nitrogens is 2. The molecular formula is C23H23N5O2. The molecule has 2 amide bonds. The van der Waals surface area contributed by atoms with Crippen LogP contribution in [0.2, 0.25) is 0 Å². The molecule has 1 aliphatic rings. The molecule has 7 heteroatoms. The van der Waals surface area contributed by atoms with Crippen LogP contribution in [0.3, 0.4) is 0 Å². The van der Waals surface area contributed by atoms with Crippen molar-refractivity contribution in [3.8, 4) is 11.1 Å². The number of nitrogens with one attached hydrogen (secondary N) is 1. The molecule has 30 heavy (non-hydrogen) atoms. The Labute approximate surface area is 175 Å². The second-order valence-corrected chi connectivity index (χ2v) is 7.41. The molecule has 0 spiro atoms. The van der Waals surface area contributed by atoms with Crippen molar-refractivity contribution in [1.29, 1.82) is 0 Å². The van der Waals surface area contributed by atoms with E-state index in [1.54, 1.807) is 41.4 Å². The Kier molecular flexibility index (Phi) is 5.43. The van der Waals surface area contributed by atoms with Crippen molar-refractivity contribution in [2.24, 2.45) is 0 Å². The van der Waals surface area contributed by atoms with Gasteiger partial charge in [-0.15, -0.1) is 0 Å². The van der Waals surface area contributed by atoms with Crippen molar-refractivity contribution in [2.45, 2.75) is 6.92 Å². The molecule has 0 unspecified atom stereocenters. The van der Waals surface area contributed by atoms with Gasteiger partial charge in [-0.05, 0) is 36.8 Å². The molecule has 0 radical (unpaired) electrons. The zero-order valence-electron chi connectivity index (χ0n) is 17.0. The minimum absolute atomic E-state index is 0.0425. The average Bonchev–Trinajstić information content (AvgIpc) is 2.77. The number of carbonyl (C=O) groups is 2. The predicted octanol–water partition coefficient (Wildman–Crippen LogP) is 3.11. The molecular weight excluding hydrogens is 378 g/mol. The van der Waals surface area contributed by atoms with E-state index in [0.717, 1.165) is 16.8 Å². The first-order valence-corrected chi connectivity index (χ1v) is 9.79. The van der Waals surface area contributed by atoms with Crippen molar-refractivity contribution in [3.05, 3.63) is 72.1 Å². The van der Waals surface area contributed by atoms with Crippen LogP contribution >= 0.6 is 0 Å². The van der Waals surface area contributed by atoms with Gasteiger partial charge in [0, 0.05) is 49.3 Å². The first-order valence-electron chi connectivity index (χ1n) is 9.79. The highest BCUT2D eigenvalue weighted by Gasteiger charge is 2.25. The monoisotopic (exact) mass is 401 g/mol. The number of rotatable bonds is 4. The van der Waals surface area contributed by atoms with Crippen molar-refractivity contribution in [2.75, 3.05) is 32.0 Å². The number of nitrogens with zero attached hydrogens (tertiary/aromatic N) is 4. The molecule has 1 N–H and O–H groups in total. The molecule has 1 saturated heterocycles. The molecule has 1 fully saturated rings. The zero-order chi connectivity index (χ0) is 21.1. The summed E-state index contributed by atoms with van der Waals surface area (Å²) in [4.78, 5) is 36.4. The van der Waals surface area contributed by atoms with Crippen molar-refractivity contribution >= 4 is 23.5 Å². The highest BCUT2D eigenvalue weighted by atomic mass is 16.2. The molecule has 3 aromatic rings. The minimum atomic E-state index is -0.137. The number of amides is 2. The first kappa shape index (κ1) is 19.6. The molecule has 1 aromatic heterocycles. The summed E-state index contributed by atoms with van der Waals surface area (Å²) in [6.45, 7) is 3.27. The van der Waals surface area contributed by atoms with Crippen LogP contribution in [0.5, 0.6) is 0 Å². The van der Waals surface area contributed by atoms with Gasteiger partial charge in [-0.1, -0.05) is 29.8 Å². The molecule has 1 aliphatic heterocycles. The Morgan fingerprint density at radius 3 is 2.23 bits per heavy atom. The fraction of sp³-hybridized carbons (Fsp3) is 0.217. The Bertz CT molecular complexity index is 1050. The molecule has 0 aliphatic carbocycles. The maximum atomic E-state index is 12.6. The number of anilines is 2. The number of likely N-dealkylation sites (N-methyl/N-ethyl adjacent to an activating group) is 1. The molecule has 0 saturated carbocycles. The van der Waals surface area contributed by atoms with Gasteiger partial charge in [0.25, 0.3) is 5.91 Å². The molecule has 2 aromatic carbocycles. The fourth-order valence-corrected chi connectivity index (χ4v) is 3.23. The van der Waals surface area contributed by atoms with Crippen LogP contribution in [0.1, 0.15) is 15.9 Å². The number of aryl methyl sites for hydroxylation is 1. The maximum Gasteiger partial charge on any atom is 0.254 e. The van der Waals surface area contributed by atoms with Gasteiger partial charge in [0.1, 0.15) is 6.54 Å². The van der Waals surface area contributed by atoms with Gasteiger partial charge >= 0.3 is 0 Å². The van der Waals surface area contributed by atoms with Crippen LogP contribution in [0.25, 0.3) is 11.1 Å². The summed E-state index contributed by atoms with van der Waals surface area (Å²) in [7, 11) is 1.75. The van der Waals surface area contributed by atoms with Crippen LogP contribution in [0.15, 0.2) is 60.9 Å². The van der Waals surface area contributed by atoms with Gasteiger partial charge in [-0.2, -0.15) is 0 Å². The lowest BCUT2D eigenvalue weighted by Gasteiger charge is -2.32. The smallest absolute Gasteiger partial charge is 0.254 e. The number of carbonyl (C=O) groups excluding carboxylic acids is 2. The van der Waals surface area contributed by atoms with Crippen molar-refractivity contribution in [3.63, 3.8) is 0 Å². The number of piperazine rings is 1. The highest BCUT2D eigenvalue weighted by molar-refractivity contribution is 5.97. The summed E-state index contributed by atoms with van der Waals surface area (Å²) in [6, 6.07) is 15.3. The summed E-state index contributed by atoms with van der Waals surface area (Å²) < 4.78 is 0. The average molecular weight is 401 g/mol. The lowest BCUT2D eigenvalue weighted by Crippen LogP contribution is -2.50. The van der Waals surface area contributed by atoms with Crippen LogP contribution in [0, 0.1) is 6.92 Å². The van der Waals surface area contributed by atoms with Crippen LogP contribution in [0.4, 0.5) is 11.6 Å². The van der Waals surface area contributed by atoms with Crippen LogP contribution in [-0.2, 0) is 4.79 Å². The van der Waals surface area contributed by atoms with E-state index in [9.17, 15) is 9.59 Å². The summed E-state index contributed by atoms with van der Waals surface area (Å²) in [5.41, 5.74) is 4.55. The van der Waals surface area contributed by atoms with Crippen LogP contribution in [-0.4, -0.2) is 58.3 Å². The molecule has 7 nitrogen and oxygen atoms in total. The van der Waals surface area contributed by atoms with E-state index in [2.05, 4.69) is 34.3 Å². The van der Waals surface area contributed by atoms with Gasteiger partial charge in [-0.3, -0.25) is 9.59 Å². The highest BCUT2D eigenvalue weighted by Crippen LogP contribution is 2.20. The summed E-state index contributed by atoms with van der Waals surface area (Å²) >= 11 is 0. The summed E-state index contributed by atoms with van der Waals surface area (Å²) in [5.74, 6) is 0.301. The predicted molar refractivity (Wildman–Crippen MR) is 115 cm³/mol. The second kappa shape index (κ2) is 8.32. The van der Waals surface area contributed by atoms with Gasteiger partial charge in [0.15, 0.2) is 0 Å². The van der Waals surface area contributed by atoms with E-state index < -0.39 is 0 Å². The summed E-state index contributed by atoms with van der Waals surface area (Å²) in [6.07, 6.45) is 3.56. The van der Waals surface area contributed by atoms with E-state index in [1.807, 2.05) is 24.3 Å². The third kappa shape index (κ3) is 4.30. The molecule has 152 valence electrons. The van der Waals surface area contributed by atoms with E-state index >= 15 is 0 Å². The van der Waals surface area contributed by atoms with Crippen molar-refractivity contribution < 1.29 is 9.59 Å². The standard InChI is InChI=1S/C23H23N5O2/c1-16-3-5-17(6-4-16)19-13-24-23(25-14-19)26-20-9-7-18(8-10-20)22(30)28-12-11-27(2)21(29)15-28/h3-10,13-14H,11-12,15H2,1-2H3,(H,24,25,26). The minimum Gasteiger partial charge on any atom is -0.342 e. The number of hydrogen-bond acceptors (Lipinski definition) is 5. The lowest BCUT2D eigenvalue weighted by molar-refractivity contribution is -0.133. The third-order valence-corrected chi connectivity index (χ3v) is 5.17. The number of benzene rings is 2. The normalized spacial score (nSPS) is 14.0. The summed E-state index contributed by atoms with van der Waals surface area (Å²) in [5, 5.41) is 3.14. The second-order valence-electron chi connectivity index (χ2n) is 7.41. The Morgan fingerprint density at radius 1 is 0.933 bits per heavy atom. The zero-order valence-corrected chi connectivity index (χ0v) is 17.0. The van der Waals surface area contributed by atoms with E-state index in [1.165, 1.54) is 5.56 Å². The molecule has 0 atom stereocenters. The SMILES string of the molecule is Cc1ccc(-c2cnc(Nc3ccc(C(=O)N4CCN(C)C(=O)C4)cc3)nc2)cc1. The van der Waals surface area contributed by atoms with E-state index in [-0.39, 0.29) is 18.4 Å². The quantitative estimate of drug-likeness (QED) is 0.727. The van der Waals surface area contributed by atoms with Gasteiger partial charge in [0.05, 0.1) is 0 Å². The van der Waals surface area contributed by atoms with Gasteiger partial charge in [0.2, 0.25) is 11.9 Å². The lowest BCUT2D eigenvalue weighted by atomic mass is 10.1. The van der Waals surface area contributed by atoms with Gasteiger partial charge in [-0.25, -0.2) is 9.97 Å². The fourth-order valence-electron chi connectivity index (χ4n) is 3.23. The maximum absolute atomic E-state index is 12.6.